The molecule has 0 spiro atoms. The molecule has 1 unspecified atom stereocenters. The van der Waals surface area contributed by atoms with Crippen molar-refractivity contribution in [2.45, 2.75) is 13.0 Å². The Labute approximate surface area is 135 Å². The Morgan fingerprint density at radius 1 is 1.45 bits per heavy atom. The van der Waals surface area contributed by atoms with E-state index in [4.69, 9.17) is 28.5 Å². The molecule has 2 N–H and O–H groups in total. The smallest absolute Gasteiger partial charge is 0.261 e. The number of carbonyl (C=O) groups is 1. The predicted octanol–water partition coefficient (Wildman–Crippen LogP) is 2.44. The van der Waals surface area contributed by atoms with Gasteiger partial charge in [0.15, 0.2) is 0 Å². The average Bonchev–Trinajstić information content (AvgIpc) is 2.49. The van der Waals surface area contributed by atoms with Crippen molar-refractivity contribution < 1.29 is 4.79 Å². The second kappa shape index (κ2) is 6.60. The van der Waals surface area contributed by atoms with Gasteiger partial charge < -0.3 is 10.3 Å². The molecule has 1 amide bonds. The Kier molecular flexibility index (Phi) is 4.81. The van der Waals surface area contributed by atoms with Crippen LogP contribution in [0.4, 0.5) is 0 Å². The number of aromatic nitrogens is 2. The van der Waals surface area contributed by atoms with Gasteiger partial charge >= 0.3 is 0 Å². The van der Waals surface area contributed by atoms with Crippen LogP contribution in [0.5, 0.6) is 0 Å². The van der Waals surface area contributed by atoms with E-state index in [1.807, 2.05) is 0 Å². The minimum Gasteiger partial charge on any atom is -0.345 e. The molecular weight excluding hydrogens is 327 g/mol. The Hall–Kier alpha value is -2.36. The topological polar surface area (TPSA) is 98.6 Å². The lowest BCUT2D eigenvalue weighted by molar-refractivity contribution is 0.0938. The van der Waals surface area contributed by atoms with E-state index in [0.717, 1.165) is 0 Å². The molecule has 112 valence electrons. The second-order valence-electron chi connectivity index (χ2n) is 4.46. The van der Waals surface area contributed by atoms with Crippen LogP contribution in [0.3, 0.4) is 0 Å². The minimum atomic E-state index is -0.629. The summed E-state index contributed by atoms with van der Waals surface area (Å²) in [7, 11) is 0. The minimum absolute atomic E-state index is 0.0844. The number of amides is 1. The normalized spacial score (nSPS) is 11.5. The number of nitriles is 1. The largest absolute Gasteiger partial charge is 0.345 e. The third-order valence-corrected chi connectivity index (χ3v) is 3.63. The van der Waals surface area contributed by atoms with Crippen molar-refractivity contribution in [1.82, 2.24) is 15.3 Å². The molecule has 0 saturated heterocycles. The van der Waals surface area contributed by atoms with Crippen molar-refractivity contribution in [3.63, 3.8) is 0 Å². The van der Waals surface area contributed by atoms with Gasteiger partial charge in [-0.25, -0.2) is 4.98 Å². The first-order chi connectivity index (χ1) is 10.4. The molecule has 2 rings (SSSR count). The van der Waals surface area contributed by atoms with Crippen LogP contribution < -0.4 is 10.9 Å². The van der Waals surface area contributed by atoms with Crippen molar-refractivity contribution >= 4 is 29.1 Å². The first-order valence-corrected chi connectivity index (χ1v) is 6.93. The molecule has 8 heteroatoms. The summed E-state index contributed by atoms with van der Waals surface area (Å²) in [4.78, 5) is 30.1. The third kappa shape index (κ3) is 3.45. The summed E-state index contributed by atoms with van der Waals surface area (Å²) < 4.78 is 0. The molecule has 0 aliphatic carbocycles. The Morgan fingerprint density at radius 2 is 2.18 bits per heavy atom. The highest BCUT2D eigenvalue weighted by Gasteiger charge is 2.16. The van der Waals surface area contributed by atoms with Gasteiger partial charge in [0.25, 0.3) is 11.5 Å². The van der Waals surface area contributed by atoms with Crippen LogP contribution in [0.15, 0.2) is 29.2 Å². The Bertz CT molecular complexity index is 826. The molecule has 0 bridgehead atoms. The fourth-order valence-electron chi connectivity index (χ4n) is 1.75. The summed E-state index contributed by atoms with van der Waals surface area (Å²) in [6.07, 6.45) is 1.49. The molecule has 2 heterocycles. The number of nitrogens with one attached hydrogen (secondary N) is 2. The highest BCUT2D eigenvalue weighted by molar-refractivity contribution is 6.41. The van der Waals surface area contributed by atoms with Crippen LogP contribution in [0.2, 0.25) is 10.2 Å². The zero-order valence-corrected chi connectivity index (χ0v) is 12.9. The number of nitrogens with zero attached hydrogens (tertiary/aromatic N) is 2. The molecule has 2 aromatic heterocycles. The number of H-pyrrole nitrogens is 1. The number of aromatic amines is 1. The van der Waals surface area contributed by atoms with Crippen LogP contribution in [0, 0.1) is 11.3 Å². The van der Waals surface area contributed by atoms with Gasteiger partial charge in [-0.05, 0) is 30.7 Å². The molecular formula is C14H10Cl2N4O2. The monoisotopic (exact) mass is 336 g/mol. The molecule has 0 fully saturated rings. The van der Waals surface area contributed by atoms with Crippen LogP contribution in [-0.4, -0.2) is 15.9 Å². The van der Waals surface area contributed by atoms with E-state index in [1.54, 1.807) is 19.1 Å². The number of halogens is 2. The average molecular weight is 337 g/mol. The fourth-order valence-corrected chi connectivity index (χ4v) is 2.03. The molecule has 0 aromatic carbocycles. The maximum atomic E-state index is 12.1. The molecule has 2 aromatic rings. The van der Waals surface area contributed by atoms with Gasteiger partial charge in [-0.2, -0.15) is 5.26 Å². The van der Waals surface area contributed by atoms with Gasteiger partial charge in [0.2, 0.25) is 0 Å². The number of pyridine rings is 2. The standard InChI is InChI=1S/C14H10Cl2N4O2/c1-7(8-4-11(15)12(16)18-6-8)19-13(21)10-3-2-9(5-17)20-14(10)22/h2-4,6-7H,1H3,(H,19,21)(H,20,22). The lowest BCUT2D eigenvalue weighted by Gasteiger charge is -2.14. The quantitative estimate of drug-likeness (QED) is 0.841. The van der Waals surface area contributed by atoms with Crippen molar-refractivity contribution in [3.8, 4) is 6.07 Å². The van der Waals surface area contributed by atoms with Gasteiger partial charge in [-0.3, -0.25) is 9.59 Å². The van der Waals surface area contributed by atoms with E-state index < -0.39 is 17.5 Å². The maximum Gasteiger partial charge on any atom is 0.261 e. The van der Waals surface area contributed by atoms with Crippen molar-refractivity contribution in [3.05, 3.63) is 61.7 Å². The lowest BCUT2D eigenvalue weighted by Crippen LogP contribution is -2.31. The van der Waals surface area contributed by atoms with E-state index >= 15 is 0 Å². The summed E-state index contributed by atoms with van der Waals surface area (Å²) >= 11 is 11.6. The van der Waals surface area contributed by atoms with E-state index in [2.05, 4.69) is 15.3 Å². The van der Waals surface area contributed by atoms with E-state index in [0.29, 0.717) is 5.56 Å². The third-order valence-electron chi connectivity index (χ3n) is 2.94. The molecule has 0 aliphatic rings. The zero-order chi connectivity index (χ0) is 16.3. The van der Waals surface area contributed by atoms with Crippen LogP contribution in [0.25, 0.3) is 0 Å². The number of hydrogen-bond donors (Lipinski definition) is 2. The van der Waals surface area contributed by atoms with E-state index in [1.165, 1.54) is 18.3 Å². The number of carbonyl (C=O) groups excluding carboxylic acids is 1. The zero-order valence-electron chi connectivity index (χ0n) is 11.4. The van der Waals surface area contributed by atoms with Crippen molar-refractivity contribution in [2.24, 2.45) is 0 Å². The van der Waals surface area contributed by atoms with Crippen LogP contribution in [0.1, 0.15) is 34.6 Å². The second-order valence-corrected chi connectivity index (χ2v) is 5.23. The Morgan fingerprint density at radius 3 is 2.77 bits per heavy atom. The first kappa shape index (κ1) is 16.0. The van der Waals surface area contributed by atoms with Crippen molar-refractivity contribution in [2.75, 3.05) is 0 Å². The van der Waals surface area contributed by atoms with Gasteiger partial charge in [0.05, 0.1) is 11.1 Å². The SMILES string of the molecule is CC(NC(=O)c1ccc(C#N)[nH]c1=O)c1cnc(Cl)c(Cl)c1. The molecule has 0 radical (unpaired) electrons. The molecule has 0 aliphatic heterocycles. The number of hydrogen-bond acceptors (Lipinski definition) is 4. The fraction of sp³-hybridized carbons (Fsp3) is 0.143. The van der Waals surface area contributed by atoms with E-state index in [9.17, 15) is 9.59 Å². The van der Waals surface area contributed by atoms with Crippen LogP contribution in [-0.2, 0) is 0 Å². The summed E-state index contributed by atoms with van der Waals surface area (Å²) in [5.41, 5.74) is 0.0194. The summed E-state index contributed by atoms with van der Waals surface area (Å²) in [5.74, 6) is -0.565. The number of rotatable bonds is 3. The van der Waals surface area contributed by atoms with Crippen LogP contribution >= 0.6 is 23.2 Å². The molecule has 6 nitrogen and oxygen atoms in total. The molecule has 1 atom stereocenters. The van der Waals surface area contributed by atoms with Gasteiger partial charge in [-0.1, -0.05) is 23.2 Å². The summed E-state index contributed by atoms with van der Waals surface area (Å²) in [5, 5.41) is 11.8. The highest BCUT2D eigenvalue weighted by Crippen LogP contribution is 2.23. The first-order valence-electron chi connectivity index (χ1n) is 6.17. The maximum absolute atomic E-state index is 12.1. The van der Waals surface area contributed by atoms with Gasteiger partial charge in [-0.15, -0.1) is 0 Å². The lowest BCUT2D eigenvalue weighted by atomic mass is 10.1. The predicted molar refractivity (Wildman–Crippen MR) is 81.9 cm³/mol. The summed E-state index contributed by atoms with van der Waals surface area (Å²) in [6, 6.07) is 5.61. The summed E-state index contributed by atoms with van der Waals surface area (Å²) in [6.45, 7) is 1.72. The highest BCUT2D eigenvalue weighted by atomic mass is 35.5. The van der Waals surface area contributed by atoms with Gasteiger partial charge in [0, 0.05) is 6.20 Å². The Balaban J connectivity index is 2.19. The van der Waals surface area contributed by atoms with E-state index in [-0.39, 0.29) is 21.4 Å². The van der Waals surface area contributed by atoms with Gasteiger partial charge in [0.1, 0.15) is 22.5 Å². The van der Waals surface area contributed by atoms with Crippen molar-refractivity contribution in [1.29, 1.82) is 5.26 Å². The molecule has 22 heavy (non-hydrogen) atoms. The molecule has 0 saturated carbocycles.